The first kappa shape index (κ1) is 15.2. The molecule has 114 valence electrons. The van der Waals surface area contributed by atoms with E-state index in [1.54, 1.807) is 18.2 Å². The van der Waals surface area contributed by atoms with Crippen LogP contribution in [0.1, 0.15) is 36.5 Å². The van der Waals surface area contributed by atoms with E-state index in [4.69, 9.17) is 15.6 Å². The SMILES string of the molecule is CCCOc1ccc(C(=O)N2CCCC2C(=O)O)cc1N. The van der Waals surface area contributed by atoms with Crippen LogP contribution < -0.4 is 10.5 Å². The van der Waals surface area contributed by atoms with Crippen molar-refractivity contribution < 1.29 is 19.4 Å². The monoisotopic (exact) mass is 292 g/mol. The summed E-state index contributed by atoms with van der Waals surface area (Å²) in [4.78, 5) is 24.9. The van der Waals surface area contributed by atoms with Gasteiger partial charge in [0, 0.05) is 12.1 Å². The van der Waals surface area contributed by atoms with Gasteiger partial charge in [-0.3, -0.25) is 4.79 Å². The molecule has 0 bridgehead atoms. The molecular weight excluding hydrogens is 272 g/mol. The van der Waals surface area contributed by atoms with Gasteiger partial charge in [-0.2, -0.15) is 0 Å². The number of aliphatic carboxylic acids is 1. The number of nitrogen functional groups attached to an aromatic ring is 1. The predicted molar refractivity (Wildman–Crippen MR) is 78.3 cm³/mol. The largest absolute Gasteiger partial charge is 0.491 e. The quantitative estimate of drug-likeness (QED) is 0.806. The number of carboxylic acids is 1. The molecule has 1 heterocycles. The highest BCUT2D eigenvalue weighted by Gasteiger charge is 2.34. The van der Waals surface area contributed by atoms with E-state index >= 15 is 0 Å². The smallest absolute Gasteiger partial charge is 0.326 e. The summed E-state index contributed by atoms with van der Waals surface area (Å²) < 4.78 is 5.46. The van der Waals surface area contributed by atoms with Gasteiger partial charge < -0.3 is 20.5 Å². The van der Waals surface area contributed by atoms with Crippen LogP contribution in [0, 0.1) is 0 Å². The lowest BCUT2D eigenvalue weighted by molar-refractivity contribution is -0.141. The van der Waals surface area contributed by atoms with Crippen molar-refractivity contribution in [2.45, 2.75) is 32.2 Å². The Morgan fingerprint density at radius 1 is 1.48 bits per heavy atom. The number of likely N-dealkylation sites (tertiary alicyclic amines) is 1. The Hall–Kier alpha value is -2.24. The number of hydrogen-bond acceptors (Lipinski definition) is 4. The molecule has 1 fully saturated rings. The van der Waals surface area contributed by atoms with Gasteiger partial charge in [0.05, 0.1) is 12.3 Å². The Morgan fingerprint density at radius 3 is 2.86 bits per heavy atom. The van der Waals surface area contributed by atoms with Crippen LogP contribution in [0.25, 0.3) is 0 Å². The van der Waals surface area contributed by atoms with Gasteiger partial charge in [0.15, 0.2) is 0 Å². The summed E-state index contributed by atoms with van der Waals surface area (Å²) in [5.74, 6) is -0.713. The standard InChI is InChI=1S/C15H20N2O4/c1-2-8-21-13-6-5-10(9-11(13)16)14(18)17-7-3-4-12(17)15(19)20/h5-6,9,12H,2-4,7-8,16H2,1H3,(H,19,20). The molecule has 1 aliphatic rings. The summed E-state index contributed by atoms with van der Waals surface area (Å²) in [6.45, 7) is 3.02. The maximum Gasteiger partial charge on any atom is 0.326 e. The summed E-state index contributed by atoms with van der Waals surface area (Å²) >= 11 is 0. The minimum absolute atomic E-state index is 0.298. The first-order valence-electron chi connectivity index (χ1n) is 7.10. The van der Waals surface area contributed by atoms with Crippen LogP contribution in [0.15, 0.2) is 18.2 Å². The van der Waals surface area contributed by atoms with Crippen molar-refractivity contribution in [2.75, 3.05) is 18.9 Å². The van der Waals surface area contributed by atoms with Crippen molar-refractivity contribution in [3.05, 3.63) is 23.8 Å². The third-order valence-corrected chi connectivity index (χ3v) is 3.52. The number of carbonyl (C=O) groups excluding carboxylic acids is 1. The molecule has 0 saturated carbocycles. The van der Waals surface area contributed by atoms with Crippen molar-refractivity contribution in [1.82, 2.24) is 4.90 Å². The van der Waals surface area contributed by atoms with Gasteiger partial charge in [0.2, 0.25) is 0 Å². The zero-order valence-electron chi connectivity index (χ0n) is 12.0. The van der Waals surface area contributed by atoms with E-state index in [1.165, 1.54) is 4.90 Å². The zero-order valence-corrected chi connectivity index (χ0v) is 12.0. The van der Waals surface area contributed by atoms with E-state index in [0.29, 0.717) is 43.0 Å². The normalized spacial score (nSPS) is 17.8. The molecule has 1 atom stereocenters. The minimum Gasteiger partial charge on any atom is -0.491 e. The third-order valence-electron chi connectivity index (χ3n) is 3.52. The maximum atomic E-state index is 12.4. The van der Waals surface area contributed by atoms with Crippen molar-refractivity contribution in [1.29, 1.82) is 0 Å². The first-order chi connectivity index (χ1) is 10.0. The molecule has 1 aliphatic heterocycles. The number of ether oxygens (including phenoxy) is 1. The molecular formula is C15H20N2O4. The van der Waals surface area contributed by atoms with E-state index in [2.05, 4.69) is 0 Å². The average Bonchev–Trinajstić information content (AvgIpc) is 2.94. The highest BCUT2D eigenvalue weighted by atomic mass is 16.5. The molecule has 0 spiro atoms. The van der Waals surface area contributed by atoms with Crippen LogP contribution in [0.4, 0.5) is 5.69 Å². The number of hydrogen-bond donors (Lipinski definition) is 2. The predicted octanol–water partition coefficient (Wildman–Crippen LogP) is 1.75. The number of nitrogens with zero attached hydrogens (tertiary/aromatic N) is 1. The van der Waals surface area contributed by atoms with Gasteiger partial charge in [-0.1, -0.05) is 6.92 Å². The molecule has 2 rings (SSSR count). The third kappa shape index (κ3) is 3.26. The second kappa shape index (κ2) is 6.47. The van der Waals surface area contributed by atoms with Crippen LogP contribution in [-0.4, -0.2) is 41.1 Å². The summed E-state index contributed by atoms with van der Waals surface area (Å²) in [6, 6.07) is 4.09. The van der Waals surface area contributed by atoms with Crippen molar-refractivity contribution in [3.63, 3.8) is 0 Å². The zero-order chi connectivity index (χ0) is 15.4. The molecule has 0 aliphatic carbocycles. The van der Waals surface area contributed by atoms with E-state index in [-0.39, 0.29) is 5.91 Å². The first-order valence-corrected chi connectivity index (χ1v) is 7.10. The van der Waals surface area contributed by atoms with Crippen LogP contribution in [0.5, 0.6) is 5.75 Å². The van der Waals surface area contributed by atoms with Gasteiger partial charge in [-0.15, -0.1) is 0 Å². The molecule has 6 nitrogen and oxygen atoms in total. The highest BCUT2D eigenvalue weighted by molar-refractivity contribution is 5.98. The molecule has 1 amide bonds. The van der Waals surface area contributed by atoms with Gasteiger partial charge in [-0.25, -0.2) is 4.79 Å². The average molecular weight is 292 g/mol. The Balaban J connectivity index is 2.16. The van der Waals surface area contributed by atoms with Crippen molar-refractivity contribution in [3.8, 4) is 5.75 Å². The Kier molecular flexibility index (Phi) is 4.67. The highest BCUT2D eigenvalue weighted by Crippen LogP contribution is 2.26. The molecule has 1 unspecified atom stereocenters. The van der Waals surface area contributed by atoms with Crippen molar-refractivity contribution >= 4 is 17.6 Å². The molecule has 0 radical (unpaired) electrons. The molecule has 21 heavy (non-hydrogen) atoms. The number of carbonyl (C=O) groups is 2. The summed E-state index contributed by atoms with van der Waals surface area (Å²) in [5, 5.41) is 9.14. The topological polar surface area (TPSA) is 92.9 Å². The lowest BCUT2D eigenvalue weighted by atomic mass is 10.1. The van der Waals surface area contributed by atoms with E-state index < -0.39 is 12.0 Å². The van der Waals surface area contributed by atoms with Crippen LogP contribution in [0.3, 0.4) is 0 Å². The Morgan fingerprint density at radius 2 is 2.24 bits per heavy atom. The number of carboxylic acid groups (broad SMARTS) is 1. The lowest BCUT2D eigenvalue weighted by Crippen LogP contribution is -2.40. The lowest BCUT2D eigenvalue weighted by Gasteiger charge is -2.21. The van der Waals surface area contributed by atoms with Crippen LogP contribution in [-0.2, 0) is 4.79 Å². The Bertz CT molecular complexity index is 544. The minimum atomic E-state index is -0.961. The van der Waals surface area contributed by atoms with Gasteiger partial charge in [0.1, 0.15) is 11.8 Å². The van der Waals surface area contributed by atoms with E-state index in [1.807, 2.05) is 6.92 Å². The van der Waals surface area contributed by atoms with E-state index in [0.717, 1.165) is 6.42 Å². The van der Waals surface area contributed by atoms with Gasteiger partial charge in [0.25, 0.3) is 5.91 Å². The fraction of sp³-hybridized carbons (Fsp3) is 0.467. The molecule has 1 aromatic carbocycles. The number of amides is 1. The van der Waals surface area contributed by atoms with E-state index in [9.17, 15) is 9.59 Å². The number of benzene rings is 1. The number of anilines is 1. The molecule has 1 saturated heterocycles. The Labute approximate surface area is 123 Å². The fourth-order valence-corrected chi connectivity index (χ4v) is 2.46. The van der Waals surface area contributed by atoms with Gasteiger partial charge in [-0.05, 0) is 37.5 Å². The van der Waals surface area contributed by atoms with Crippen molar-refractivity contribution in [2.24, 2.45) is 0 Å². The summed E-state index contributed by atoms with van der Waals surface area (Å²) in [7, 11) is 0. The van der Waals surface area contributed by atoms with Gasteiger partial charge >= 0.3 is 5.97 Å². The fourth-order valence-electron chi connectivity index (χ4n) is 2.46. The molecule has 3 N–H and O–H groups in total. The summed E-state index contributed by atoms with van der Waals surface area (Å²) in [6.07, 6.45) is 2.07. The summed E-state index contributed by atoms with van der Waals surface area (Å²) in [5.41, 5.74) is 6.66. The maximum absolute atomic E-state index is 12.4. The second-order valence-electron chi connectivity index (χ2n) is 5.10. The second-order valence-corrected chi connectivity index (χ2v) is 5.10. The molecule has 0 aromatic heterocycles. The van der Waals surface area contributed by atoms with Crippen LogP contribution >= 0.6 is 0 Å². The molecule has 1 aromatic rings. The van der Waals surface area contributed by atoms with Crippen LogP contribution in [0.2, 0.25) is 0 Å². The number of nitrogens with two attached hydrogens (primary N) is 1. The number of rotatable bonds is 5. The molecule has 6 heteroatoms.